The van der Waals surface area contributed by atoms with Crippen LogP contribution < -0.4 is 15.4 Å². The third-order valence-electron chi connectivity index (χ3n) is 5.37. The lowest BCUT2D eigenvalue weighted by atomic mass is 10.1. The molecule has 36 heavy (non-hydrogen) atoms. The van der Waals surface area contributed by atoms with Gasteiger partial charge >= 0.3 is 6.03 Å². The third-order valence-corrected chi connectivity index (χ3v) is 7.69. The Hall–Kier alpha value is -2.55. The fraction of sp³-hybridized carbons (Fsp3) is 0.208. The van der Waals surface area contributed by atoms with Crippen LogP contribution >= 0.6 is 49.9 Å². The van der Waals surface area contributed by atoms with Crippen molar-refractivity contribution in [3.8, 4) is 5.75 Å². The average molecular weight is 688 g/mol. The highest BCUT2D eigenvalue weighted by Crippen LogP contribution is 2.30. The topological polar surface area (TPSA) is 108 Å². The van der Waals surface area contributed by atoms with Crippen LogP contribution in [0.1, 0.15) is 16.5 Å². The number of nitrogens with one attached hydrogen (secondary N) is 2. The average Bonchev–Trinajstić information content (AvgIpc) is 3.39. The highest BCUT2D eigenvalue weighted by Gasteiger charge is 2.45. The van der Waals surface area contributed by atoms with E-state index in [0.29, 0.717) is 14.9 Å². The third kappa shape index (κ3) is 6.05. The maximum absolute atomic E-state index is 14.4. The molecule has 188 valence electrons. The van der Waals surface area contributed by atoms with E-state index < -0.39 is 35.7 Å². The first-order chi connectivity index (χ1) is 17.3. The predicted octanol–water partition coefficient (Wildman–Crippen LogP) is 4.47. The van der Waals surface area contributed by atoms with Gasteiger partial charge < -0.3 is 20.5 Å². The fourth-order valence-electron chi connectivity index (χ4n) is 3.70. The number of anilines is 1. The van der Waals surface area contributed by atoms with Crippen molar-refractivity contribution in [2.24, 2.45) is 0 Å². The van der Waals surface area contributed by atoms with E-state index in [2.05, 4.69) is 26.6 Å². The van der Waals surface area contributed by atoms with Crippen LogP contribution in [0.4, 0.5) is 14.9 Å². The molecule has 4 amide bonds. The van der Waals surface area contributed by atoms with Crippen LogP contribution in [-0.4, -0.2) is 47.1 Å². The van der Waals surface area contributed by atoms with Crippen molar-refractivity contribution in [1.29, 1.82) is 0 Å². The first-order valence-corrected chi connectivity index (χ1v) is 13.4. The Bertz CT molecular complexity index is 1290. The number of aliphatic hydroxyl groups is 1. The van der Waals surface area contributed by atoms with Gasteiger partial charge in [-0.1, -0.05) is 12.1 Å². The number of amides is 4. The number of hydrogen-bond donors (Lipinski definition) is 3. The minimum Gasteiger partial charge on any atom is -0.491 e. The number of benzene rings is 2. The molecular formula is C24H20BrFIN3O5S. The Labute approximate surface area is 232 Å². The minimum absolute atomic E-state index is 0.0418. The molecule has 4 rings (SSSR count). The molecule has 0 aliphatic carbocycles. The van der Waals surface area contributed by atoms with Crippen molar-refractivity contribution in [3.63, 3.8) is 0 Å². The molecule has 0 saturated carbocycles. The van der Waals surface area contributed by atoms with Crippen LogP contribution in [0.15, 0.2) is 58.4 Å². The summed E-state index contributed by atoms with van der Waals surface area (Å²) in [6.45, 7) is -0.00668. The van der Waals surface area contributed by atoms with Crippen molar-refractivity contribution in [1.82, 2.24) is 10.2 Å². The molecular weight excluding hydrogens is 668 g/mol. The summed E-state index contributed by atoms with van der Waals surface area (Å²) in [7, 11) is 0. The Morgan fingerprint density at radius 1 is 1.22 bits per heavy atom. The largest absolute Gasteiger partial charge is 0.491 e. The number of urea groups is 1. The number of carbonyl (C=O) groups excluding carboxylic acids is 3. The highest BCUT2D eigenvalue weighted by atomic mass is 127. The number of rotatable bonds is 9. The number of ether oxygens (including phenoxy) is 1. The molecule has 0 radical (unpaired) electrons. The summed E-state index contributed by atoms with van der Waals surface area (Å²) in [6.07, 6.45) is 0.0634. The Morgan fingerprint density at radius 2 is 1.97 bits per heavy atom. The zero-order valence-electron chi connectivity index (χ0n) is 18.5. The molecule has 1 fully saturated rings. The Morgan fingerprint density at radius 3 is 2.61 bits per heavy atom. The number of carbonyl (C=O) groups is 3. The van der Waals surface area contributed by atoms with Crippen molar-refractivity contribution in [2.45, 2.75) is 18.5 Å². The maximum atomic E-state index is 14.4. The van der Waals surface area contributed by atoms with Gasteiger partial charge in [0.05, 0.1) is 16.1 Å². The molecule has 2 heterocycles. The van der Waals surface area contributed by atoms with Gasteiger partial charge in [-0.25, -0.2) is 14.1 Å². The Kier molecular flexibility index (Phi) is 8.59. The van der Waals surface area contributed by atoms with Crippen LogP contribution in [0.5, 0.6) is 5.75 Å². The van der Waals surface area contributed by atoms with Gasteiger partial charge in [-0.15, -0.1) is 11.3 Å². The quantitative estimate of drug-likeness (QED) is 0.227. The van der Waals surface area contributed by atoms with Crippen LogP contribution in [0.25, 0.3) is 0 Å². The molecule has 1 aliphatic rings. The molecule has 1 aromatic heterocycles. The standard InChI is InChI=1S/C24H20BrFIN3O5S/c25-20-8-6-16(36-20)12-19(22(32)28-18-7-3-14(27)11-17(18)26)30-23(33)21(29-24(30)34)13-1-4-15(5-2-13)35-10-9-31/h1-8,11,19,21,31H,9-10,12H2,(H,28,32)(H,29,34)/t19?,21-/m1/s1. The van der Waals surface area contributed by atoms with Gasteiger partial charge in [0.15, 0.2) is 0 Å². The number of nitrogens with zero attached hydrogens (tertiary/aromatic N) is 1. The molecule has 1 saturated heterocycles. The van der Waals surface area contributed by atoms with E-state index in [1.165, 1.54) is 23.5 Å². The second-order valence-corrected chi connectivity index (χ2v) is 11.6. The van der Waals surface area contributed by atoms with Crippen molar-refractivity contribution < 1.29 is 28.6 Å². The zero-order valence-corrected chi connectivity index (χ0v) is 23.1. The summed E-state index contributed by atoms with van der Waals surface area (Å²) in [5, 5.41) is 14.1. The molecule has 12 heteroatoms. The summed E-state index contributed by atoms with van der Waals surface area (Å²) in [5.41, 5.74) is 0.466. The smallest absolute Gasteiger partial charge is 0.325 e. The van der Waals surface area contributed by atoms with Gasteiger partial charge in [-0.05, 0) is 86.5 Å². The first kappa shape index (κ1) is 26.5. The lowest BCUT2D eigenvalue weighted by Crippen LogP contribution is -2.49. The predicted molar refractivity (Wildman–Crippen MR) is 144 cm³/mol. The van der Waals surface area contributed by atoms with Gasteiger partial charge in [0.1, 0.15) is 30.3 Å². The van der Waals surface area contributed by atoms with E-state index in [4.69, 9.17) is 9.84 Å². The lowest BCUT2D eigenvalue weighted by molar-refractivity contribution is -0.134. The molecule has 2 aromatic carbocycles. The number of hydrogen-bond acceptors (Lipinski definition) is 6. The van der Waals surface area contributed by atoms with Crippen LogP contribution in [0, 0.1) is 9.39 Å². The number of thiophene rings is 1. The van der Waals surface area contributed by atoms with Crippen molar-refractivity contribution >= 4 is 73.4 Å². The molecule has 3 aromatic rings. The number of aliphatic hydroxyl groups excluding tert-OH is 1. The SMILES string of the molecule is O=C(Nc1ccc(I)cc1F)C(Cc1ccc(Br)s1)N1C(=O)N[C@H](c2ccc(OCCO)cc2)C1=O. The molecule has 2 atom stereocenters. The van der Waals surface area contributed by atoms with Gasteiger partial charge in [-0.3, -0.25) is 9.59 Å². The van der Waals surface area contributed by atoms with E-state index in [0.717, 1.165) is 13.6 Å². The summed E-state index contributed by atoms with van der Waals surface area (Å²) >= 11 is 6.71. The monoisotopic (exact) mass is 687 g/mol. The van der Waals surface area contributed by atoms with Crippen LogP contribution in [0.2, 0.25) is 0 Å². The normalized spacial score (nSPS) is 16.1. The second-order valence-electron chi connectivity index (χ2n) is 7.77. The molecule has 0 bridgehead atoms. The van der Waals surface area contributed by atoms with E-state index in [1.54, 1.807) is 36.4 Å². The summed E-state index contributed by atoms with van der Waals surface area (Å²) in [6, 6.07) is 11.5. The number of imide groups is 1. The van der Waals surface area contributed by atoms with Gasteiger partial charge in [-0.2, -0.15) is 0 Å². The number of halogens is 3. The first-order valence-electron chi connectivity index (χ1n) is 10.7. The van der Waals surface area contributed by atoms with Crippen molar-refractivity contribution in [2.75, 3.05) is 18.5 Å². The molecule has 8 nitrogen and oxygen atoms in total. The van der Waals surface area contributed by atoms with E-state index in [9.17, 15) is 18.8 Å². The summed E-state index contributed by atoms with van der Waals surface area (Å²) < 4.78 is 21.2. The van der Waals surface area contributed by atoms with Crippen LogP contribution in [-0.2, 0) is 16.0 Å². The maximum Gasteiger partial charge on any atom is 0.325 e. The fourth-order valence-corrected chi connectivity index (χ4v) is 5.67. The molecule has 1 aliphatic heterocycles. The summed E-state index contributed by atoms with van der Waals surface area (Å²) in [5.74, 6) is -1.40. The molecule has 3 N–H and O–H groups in total. The van der Waals surface area contributed by atoms with Crippen LogP contribution in [0.3, 0.4) is 0 Å². The van der Waals surface area contributed by atoms with Gasteiger partial charge in [0.25, 0.3) is 5.91 Å². The Balaban J connectivity index is 1.59. The molecule has 1 unspecified atom stereocenters. The van der Waals surface area contributed by atoms with E-state index in [1.807, 2.05) is 28.7 Å². The van der Waals surface area contributed by atoms with E-state index >= 15 is 0 Å². The zero-order chi connectivity index (χ0) is 25.8. The second kappa shape index (κ2) is 11.7. The lowest BCUT2D eigenvalue weighted by Gasteiger charge is -2.24. The van der Waals surface area contributed by atoms with Gasteiger partial charge in [0, 0.05) is 14.9 Å². The molecule has 0 spiro atoms. The highest BCUT2D eigenvalue weighted by molar-refractivity contribution is 14.1. The minimum atomic E-state index is -1.21. The van der Waals surface area contributed by atoms with E-state index in [-0.39, 0.29) is 25.3 Å². The van der Waals surface area contributed by atoms with Crippen molar-refractivity contribution in [3.05, 3.63) is 78.2 Å². The van der Waals surface area contributed by atoms with Gasteiger partial charge in [0.2, 0.25) is 5.91 Å². The summed E-state index contributed by atoms with van der Waals surface area (Å²) in [4.78, 5) is 41.3.